The fourth-order valence-corrected chi connectivity index (χ4v) is 2.45. The molecule has 0 heterocycles. The first-order valence-electron chi connectivity index (χ1n) is 7.99. The molecule has 0 atom stereocenters. The molecule has 0 saturated carbocycles. The number of carbonyl (C=O) groups is 2. The van der Waals surface area contributed by atoms with Crippen LogP contribution in [0, 0.1) is 18.3 Å². The van der Waals surface area contributed by atoms with Crippen LogP contribution in [0.4, 0.5) is 11.4 Å². The maximum atomic E-state index is 12.5. The Kier molecular flexibility index (Phi) is 6.58. The van der Waals surface area contributed by atoms with Crippen LogP contribution in [-0.2, 0) is 9.59 Å². The van der Waals surface area contributed by atoms with E-state index in [1.807, 2.05) is 6.07 Å². The average molecular weight is 384 g/mol. The number of nitrogens with zero attached hydrogens (tertiary/aromatic N) is 1. The second-order valence-corrected chi connectivity index (χ2v) is 6.14. The van der Waals surface area contributed by atoms with Gasteiger partial charge in [0.05, 0.1) is 12.8 Å². The predicted molar refractivity (Wildman–Crippen MR) is 106 cm³/mol. The highest BCUT2D eigenvalue weighted by molar-refractivity contribution is 6.31. The van der Waals surface area contributed by atoms with Gasteiger partial charge in [0.1, 0.15) is 17.4 Å². The molecule has 0 aliphatic carbocycles. The van der Waals surface area contributed by atoms with E-state index < -0.39 is 5.91 Å². The molecule has 0 spiro atoms. The lowest BCUT2D eigenvalue weighted by atomic mass is 10.1. The third-order valence-electron chi connectivity index (χ3n) is 3.64. The Hall–Kier alpha value is -3.30. The molecule has 2 amide bonds. The van der Waals surface area contributed by atoms with Gasteiger partial charge in [0.2, 0.25) is 5.91 Å². The Morgan fingerprint density at radius 3 is 2.41 bits per heavy atom. The van der Waals surface area contributed by atoms with E-state index in [1.54, 1.807) is 43.3 Å². The van der Waals surface area contributed by atoms with Gasteiger partial charge in [-0.1, -0.05) is 23.7 Å². The van der Waals surface area contributed by atoms with Crippen molar-refractivity contribution in [1.29, 1.82) is 5.26 Å². The highest BCUT2D eigenvalue weighted by Gasteiger charge is 2.14. The zero-order chi connectivity index (χ0) is 20.0. The summed E-state index contributed by atoms with van der Waals surface area (Å²) in [7, 11) is 1.47. The average Bonchev–Trinajstić information content (AvgIpc) is 2.63. The number of halogens is 1. The quantitative estimate of drug-likeness (QED) is 0.599. The van der Waals surface area contributed by atoms with Crippen LogP contribution >= 0.6 is 11.6 Å². The van der Waals surface area contributed by atoms with Gasteiger partial charge in [-0.2, -0.15) is 5.26 Å². The van der Waals surface area contributed by atoms with E-state index in [1.165, 1.54) is 20.1 Å². The van der Waals surface area contributed by atoms with Crippen LogP contribution in [-0.4, -0.2) is 18.9 Å². The van der Waals surface area contributed by atoms with Crippen LogP contribution in [0.3, 0.4) is 0 Å². The van der Waals surface area contributed by atoms with Crippen molar-refractivity contribution in [2.75, 3.05) is 17.7 Å². The molecule has 2 aromatic rings. The van der Waals surface area contributed by atoms with Gasteiger partial charge in [0, 0.05) is 23.7 Å². The van der Waals surface area contributed by atoms with Crippen LogP contribution in [0.15, 0.2) is 42.0 Å². The number of aryl methyl sites for hydroxylation is 1. The number of hydrogen-bond donors (Lipinski definition) is 2. The van der Waals surface area contributed by atoms with Gasteiger partial charge < -0.3 is 15.4 Å². The standard InChI is InChI=1S/C20H18ClN3O3/c1-12-8-18(19(27-3)10-17(12)21)24-20(26)15(11-22)9-14-4-6-16(7-5-14)23-13(2)25/h4-10H,1-3H3,(H,23,25)(H,24,26)/b15-9-. The van der Waals surface area contributed by atoms with E-state index in [0.717, 1.165) is 5.56 Å². The van der Waals surface area contributed by atoms with Crippen molar-refractivity contribution >= 4 is 40.9 Å². The lowest BCUT2D eigenvalue weighted by Gasteiger charge is -2.12. The van der Waals surface area contributed by atoms with Crippen LogP contribution < -0.4 is 15.4 Å². The van der Waals surface area contributed by atoms with E-state index in [4.69, 9.17) is 16.3 Å². The van der Waals surface area contributed by atoms with Crippen molar-refractivity contribution in [1.82, 2.24) is 0 Å². The van der Waals surface area contributed by atoms with Gasteiger partial charge in [-0.05, 0) is 42.3 Å². The first-order chi connectivity index (χ1) is 12.8. The summed E-state index contributed by atoms with van der Waals surface area (Å²) in [6.45, 7) is 3.22. The van der Waals surface area contributed by atoms with E-state index >= 15 is 0 Å². The molecule has 138 valence electrons. The number of rotatable bonds is 5. The number of benzene rings is 2. The van der Waals surface area contributed by atoms with Crippen molar-refractivity contribution in [3.8, 4) is 11.8 Å². The highest BCUT2D eigenvalue weighted by Crippen LogP contribution is 2.31. The number of hydrogen-bond acceptors (Lipinski definition) is 4. The Labute approximate surface area is 162 Å². The molecule has 0 aromatic heterocycles. The van der Waals surface area contributed by atoms with Crippen molar-refractivity contribution < 1.29 is 14.3 Å². The summed E-state index contributed by atoms with van der Waals surface area (Å²) >= 11 is 6.06. The fraction of sp³-hybridized carbons (Fsp3) is 0.150. The predicted octanol–water partition coefficient (Wildman–Crippen LogP) is 4.16. The largest absolute Gasteiger partial charge is 0.495 e. The van der Waals surface area contributed by atoms with Crippen molar-refractivity contribution in [3.63, 3.8) is 0 Å². The molecule has 0 aliphatic rings. The minimum atomic E-state index is -0.566. The number of carbonyl (C=O) groups excluding carboxylic acids is 2. The molecule has 27 heavy (non-hydrogen) atoms. The zero-order valence-corrected chi connectivity index (χ0v) is 15.8. The van der Waals surface area contributed by atoms with Crippen LogP contribution in [0.2, 0.25) is 5.02 Å². The molecule has 7 heteroatoms. The first kappa shape index (κ1) is 20.0. The minimum Gasteiger partial charge on any atom is -0.495 e. The summed E-state index contributed by atoms with van der Waals surface area (Å²) in [6.07, 6.45) is 1.46. The van der Waals surface area contributed by atoms with Gasteiger partial charge in [-0.15, -0.1) is 0 Å². The Morgan fingerprint density at radius 2 is 1.85 bits per heavy atom. The monoisotopic (exact) mass is 383 g/mol. The lowest BCUT2D eigenvalue weighted by Crippen LogP contribution is -2.14. The normalized spacial score (nSPS) is 10.7. The van der Waals surface area contributed by atoms with Crippen molar-refractivity contribution in [2.45, 2.75) is 13.8 Å². The van der Waals surface area contributed by atoms with Crippen molar-refractivity contribution in [2.24, 2.45) is 0 Å². The molecule has 0 bridgehead atoms. The van der Waals surface area contributed by atoms with Crippen LogP contribution in [0.5, 0.6) is 5.75 Å². The second kappa shape index (κ2) is 8.88. The molecular formula is C20H18ClN3O3. The SMILES string of the molecule is COc1cc(Cl)c(C)cc1NC(=O)/C(C#N)=C\c1ccc(NC(C)=O)cc1. The van der Waals surface area contributed by atoms with Gasteiger partial charge in [0.15, 0.2) is 0 Å². The first-order valence-corrected chi connectivity index (χ1v) is 8.36. The maximum absolute atomic E-state index is 12.5. The lowest BCUT2D eigenvalue weighted by molar-refractivity contribution is -0.114. The third kappa shape index (κ3) is 5.33. The van der Waals surface area contributed by atoms with E-state index in [0.29, 0.717) is 27.7 Å². The summed E-state index contributed by atoms with van der Waals surface area (Å²) in [5, 5.41) is 15.2. The molecule has 2 N–H and O–H groups in total. The Bertz CT molecular complexity index is 944. The third-order valence-corrected chi connectivity index (χ3v) is 4.04. The van der Waals surface area contributed by atoms with Crippen LogP contribution in [0.1, 0.15) is 18.1 Å². The Balaban J connectivity index is 2.23. The molecule has 0 fully saturated rings. The maximum Gasteiger partial charge on any atom is 0.266 e. The smallest absolute Gasteiger partial charge is 0.266 e. The molecular weight excluding hydrogens is 366 g/mol. The summed E-state index contributed by atoms with van der Waals surface area (Å²) < 4.78 is 5.22. The van der Waals surface area contributed by atoms with Gasteiger partial charge >= 0.3 is 0 Å². The minimum absolute atomic E-state index is 0.0723. The summed E-state index contributed by atoms with van der Waals surface area (Å²) in [5.41, 5.74) is 2.39. The number of ether oxygens (including phenoxy) is 1. The molecule has 0 unspecified atom stereocenters. The molecule has 0 saturated heterocycles. The van der Waals surface area contributed by atoms with Crippen molar-refractivity contribution in [3.05, 3.63) is 58.1 Å². The number of methoxy groups -OCH3 is 1. The zero-order valence-electron chi connectivity index (χ0n) is 15.1. The van der Waals surface area contributed by atoms with Gasteiger partial charge in [-0.25, -0.2) is 0 Å². The van der Waals surface area contributed by atoms with Gasteiger partial charge in [-0.3, -0.25) is 9.59 Å². The number of nitrogens with one attached hydrogen (secondary N) is 2. The summed E-state index contributed by atoms with van der Waals surface area (Å²) in [6, 6.07) is 11.9. The number of amides is 2. The summed E-state index contributed by atoms with van der Waals surface area (Å²) in [4.78, 5) is 23.5. The highest BCUT2D eigenvalue weighted by atomic mass is 35.5. The molecule has 0 radical (unpaired) electrons. The fourth-order valence-electron chi connectivity index (χ4n) is 2.30. The number of anilines is 2. The molecule has 0 aliphatic heterocycles. The van der Waals surface area contributed by atoms with E-state index in [-0.39, 0.29) is 11.5 Å². The molecule has 2 rings (SSSR count). The molecule has 6 nitrogen and oxygen atoms in total. The Morgan fingerprint density at radius 1 is 1.19 bits per heavy atom. The molecule has 2 aromatic carbocycles. The van der Waals surface area contributed by atoms with E-state index in [2.05, 4.69) is 10.6 Å². The van der Waals surface area contributed by atoms with E-state index in [9.17, 15) is 14.9 Å². The summed E-state index contributed by atoms with van der Waals surface area (Å²) in [5.74, 6) is -0.345. The van der Waals surface area contributed by atoms with Crippen LogP contribution in [0.25, 0.3) is 6.08 Å². The van der Waals surface area contributed by atoms with Gasteiger partial charge in [0.25, 0.3) is 5.91 Å². The number of nitriles is 1. The topological polar surface area (TPSA) is 91.2 Å². The second-order valence-electron chi connectivity index (χ2n) is 5.73.